The number of hydrogen-bond donors (Lipinski definition) is 4. The number of fused-ring (bicyclic) bond motifs is 1. The fourth-order valence-corrected chi connectivity index (χ4v) is 4.36. The van der Waals surface area contributed by atoms with Gasteiger partial charge in [-0.05, 0) is 42.3 Å². The molecule has 0 spiro atoms. The van der Waals surface area contributed by atoms with Crippen molar-refractivity contribution in [1.82, 2.24) is 9.97 Å². The van der Waals surface area contributed by atoms with Crippen molar-refractivity contribution in [2.45, 2.75) is 19.8 Å². The summed E-state index contributed by atoms with van der Waals surface area (Å²) in [5.74, 6) is 0.589. The lowest BCUT2D eigenvalue weighted by Gasteiger charge is -2.15. The van der Waals surface area contributed by atoms with Crippen LogP contribution in [-0.2, 0) is 17.6 Å². The van der Waals surface area contributed by atoms with Crippen molar-refractivity contribution in [3.63, 3.8) is 0 Å². The molecule has 1 amide bonds. The number of imidazole rings is 1. The third-order valence-corrected chi connectivity index (χ3v) is 6.30. The number of aromatic amines is 1. The Morgan fingerprint density at radius 3 is 2.49 bits per heavy atom. The molecule has 1 aliphatic heterocycles. The molecule has 186 valence electrons. The van der Waals surface area contributed by atoms with Crippen LogP contribution in [-0.4, -0.2) is 27.3 Å². The van der Waals surface area contributed by atoms with Gasteiger partial charge in [0.2, 0.25) is 0 Å². The fourth-order valence-electron chi connectivity index (χ4n) is 4.36. The van der Waals surface area contributed by atoms with Crippen molar-refractivity contribution in [3.05, 3.63) is 106 Å². The molecule has 2 heterocycles. The van der Waals surface area contributed by atoms with E-state index in [1.165, 1.54) is 12.1 Å². The van der Waals surface area contributed by atoms with E-state index in [-0.39, 0.29) is 11.6 Å². The molecular formula is C28H26N6O3. The number of carbonyl (C=O) groups excluding carboxylic acids is 1. The summed E-state index contributed by atoms with van der Waals surface area (Å²) >= 11 is 0. The third kappa shape index (κ3) is 4.85. The molecule has 0 atom stereocenters. The molecule has 3 aromatic carbocycles. The summed E-state index contributed by atoms with van der Waals surface area (Å²) in [6.45, 7) is 2.58. The van der Waals surface area contributed by atoms with Gasteiger partial charge in [-0.2, -0.15) is 0 Å². The van der Waals surface area contributed by atoms with Gasteiger partial charge in [-0.15, -0.1) is 0 Å². The SMILES string of the molecule is CCc1nc(-c2ccc(NC(=C3C(=O)Nc4ccc([N+](=O)[O-])cc43)c3ccc(CCN)cc3)cc2)c[nH]1. The van der Waals surface area contributed by atoms with Crippen molar-refractivity contribution < 1.29 is 9.72 Å². The summed E-state index contributed by atoms with van der Waals surface area (Å²) in [4.78, 5) is 31.9. The highest BCUT2D eigenvalue weighted by Crippen LogP contribution is 2.39. The number of aryl methyl sites for hydroxylation is 1. The average Bonchev–Trinajstić information content (AvgIpc) is 3.52. The van der Waals surface area contributed by atoms with Gasteiger partial charge in [0.05, 0.1) is 21.9 Å². The number of nitrogens with zero attached hydrogens (tertiary/aromatic N) is 2. The molecule has 4 aromatic rings. The number of hydrogen-bond acceptors (Lipinski definition) is 6. The van der Waals surface area contributed by atoms with Crippen LogP contribution >= 0.6 is 0 Å². The molecule has 9 heteroatoms. The highest BCUT2D eigenvalue weighted by molar-refractivity contribution is 6.37. The summed E-state index contributed by atoms with van der Waals surface area (Å²) in [5, 5.41) is 17.7. The van der Waals surface area contributed by atoms with Gasteiger partial charge in [-0.25, -0.2) is 4.98 Å². The Morgan fingerprint density at radius 2 is 1.84 bits per heavy atom. The van der Waals surface area contributed by atoms with Crippen molar-refractivity contribution in [2.75, 3.05) is 17.2 Å². The molecule has 37 heavy (non-hydrogen) atoms. The monoisotopic (exact) mass is 494 g/mol. The summed E-state index contributed by atoms with van der Waals surface area (Å²) in [6.07, 6.45) is 3.44. The van der Waals surface area contributed by atoms with Crippen LogP contribution in [0, 0.1) is 10.1 Å². The Hall–Kier alpha value is -4.76. The van der Waals surface area contributed by atoms with E-state index in [9.17, 15) is 14.9 Å². The second-order valence-electron chi connectivity index (χ2n) is 8.72. The number of rotatable bonds is 8. The predicted molar refractivity (Wildman–Crippen MR) is 145 cm³/mol. The lowest BCUT2D eigenvalue weighted by atomic mass is 9.98. The molecule has 0 radical (unpaired) electrons. The number of non-ortho nitro benzene ring substituents is 1. The van der Waals surface area contributed by atoms with Crippen LogP contribution in [0.4, 0.5) is 17.1 Å². The molecule has 0 unspecified atom stereocenters. The number of nitrogens with two attached hydrogens (primary N) is 1. The number of amides is 1. The van der Waals surface area contributed by atoms with E-state index in [1.807, 2.05) is 61.7 Å². The molecule has 5 rings (SSSR count). The summed E-state index contributed by atoms with van der Waals surface area (Å²) in [5.41, 5.74) is 11.9. The predicted octanol–water partition coefficient (Wildman–Crippen LogP) is 4.98. The molecular weight excluding hydrogens is 468 g/mol. The normalized spacial score (nSPS) is 13.7. The van der Waals surface area contributed by atoms with Gasteiger partial charge in [0, 0.05) is 47.3 Å². The lowest BCUT2D eigenvalue weighted by Crippen LogP contribution is -2.10. The van der Waals surface area contributed by atoms with Crippen LogP contribution in [0.3, 0.4) is 0 Å². The zero-order valence-electron chi connectivity index (χ0n) is 20.2. The first-order chi connectivity index (χ1) is 18.0. The first kappa shape index (κ1) is 24.0. The molecule has 0 aliphatic carbocycles. The van der Waals surface area contributed by atoms with Crippen LogP contribution in [0.15, 0.2) is 72.9 Å². The van der Waals surface area contributed by atoms with Crippen LogP contribution in [0.2, 0.25) is 0 Å². The first-order valence-electron chi connectivity index (χ1n) is 12.0. The number of nitrogens with one attached hydrogen (secondary N) is 3. The zero-order valence-corrected chi connectivity index (χ0v) is 20.2. The highest BCUT2D eigenvalue weighted by Gasteiger charge is 2.30. The Bertz CT molecular complexity index is 1500. The molecule has 0 bridgehead atoms. The quantitative estimate of drug-likeness (QED) is 0.155. The van der Waals surface area contributed by atoms with Crippen molar-refractivity contribution in [2.24, 2.45) is 5.73 Å². The molecule has 5 N–H and O–H groups in total. The number of nitro benzene ring substituents is 1. The molecule has 1 aliphatic rings. The molecule has 0 saturated carbocycles. The Balaban J connectivity index is 1.58. The maximum absolute atomic E-state index is 13.1. The molecule has 0 saturated heterocycles. The Morgan fingerprint density at radius 1 is 1.08 bits per heavy atom. The van der Waals surface area contributed by atoms with Gasteiger partial charge < -0.3 is 21.4 Å². The van der Waals surface area contributed by atoms with E-state index >= 15 is 0 Å². The highest BCUT2D eigenvalue weighted by atomic mass is 16.6. The van der Waals surface area contributed by atoms with Crippen molar-refractivity contribution in [1.29, 1.82) is 0 Å². The van der Waals surface area contributed by atoms with E-state index in [4.69, 9.17) is 5.73 Å². The molecule has 1 aromatic heterocycles. The Kier molecular flexibility index (Phi) is 6.53. The number of carbonyl (C=O) groups is 1. The molecule has 9 nitrogen and oxygen atoms in total. The van der Waals surface area contributed by atoms with Gasteiger partial charge in [-0.1, -0.05) is 43.3 Å². The summed E-state index contributed by atoms with van der Waals surface area (Å²) in [6, 6.07) is 19.9. The zero-order chi connectivity index (χ0) is 25.9. The second-order valence-corrected chi connectivity index (χ2v) is 8.72. The van der Waals surface area contributed by atoms with Crippen LogP contribution in [0.25, 0.3) is 22.5 Å². The van der Waals surface area contributed by atoms with Crippen molar-refractivity contribution in [3.8, 4) is 11.3 Å². The lowest BCUT2D eigenvalue weighted by molar-refractivity contribution is -0.384. The minimum absolute atomic E-state index is 0.0832. The standard InChI is InChI=1S/C28H26N6O3/c1-2-25-30-16-24(32-25)18-7-9-20(10-8-18)31-27(19-5-3-17(4-6-19)13-14-29)26-22-15-21(34(36)37)11-12-23(22)33-28(26)35/h3-12,15-16,31H,2,13-14,29H2,1H3,(H,30,32)(H,33,35). The van der Waals surface area contributed by atoms with E-state index in [0.29, 0.717) is 29.1 Å². The summed E-state index contributed by atoms with van der Waals surface area (Å²) in [7, 11) is 0. The smallest absolute Gasteiger partial charge is 0.270 e. The maximum atomic E-state index is 13.1. The Labute approximate surface area is 213 Å². The maximum Gasteiger partial charge on any atom is 0.270 e. The number of aromatic nitrogens is 2. The number of nitro groups is 1. The largest absolute Gasteiger partial charge is 0.354 e. The summed E-state index contributed by atoms with van der Waals surface area (Å²) < 4.78 is 0. The minimum atomic E-state index is -0.465. The third-order valence-electron chi connectivity index (χ3n) is 6.30. The van der Waals surface area contributed by atoms with Crippen LogP contribution < -0.4 is 16.4 Å². The average molecular weight is 495 g/mol. The van der Waals surface area contributed by atoms with Crippen LogP contribution in [0.1, 0.15) is 29.4 Å². The van der Waals surface area contributed by atoms with E-state index < -0.39 is 4.92 Å². The van der Waals surface area contributed by atoms with Gasteiger partial charge >= 0.3 is 0 Å². The van der Waals surface area contributed by atoms with Crippen LogP contribution in [0.5, 0.6) is 0 Å². The van der Waals surface area contributed by atoms with E-state index in [2.05, 4.69) is 20.6 Å². The number of benzene rings is 3. The van der Waals surface area contributed by atoms with Gasteiger partial charge in [0.15, 0.2) is 0 Å². The van der Waals surface area contributed by atoms with Gasteiger partial charge in [-0.3, -0.25) is 14.9 Å². The van der Waals surface area contributed by atoms with Crippen molar-refractivity contribution >= 4 is 34.2 Å². The number of H-pyrrole nitrogens is 1. The van der Waals surface area contributed by atoms with Gasteiger partial charge in [0.1, 0.15) is 5.82 Å². The first-order valence-corrected chi connectivity index (χ1v) is 12.0. The topological polar surface area (TPSA) is 139 Å². The second kappa shape index (κ2) is 10.1. The van der Waals surface area contributed by atoms with Gasteiger partial charge in [0.25, 0.3) is 11.6 Å². The fraction of sp³-hybridized carbons (Fsp3) is 0.143. The van der Waals surface area contributed by atoms with E-state index in [0.717, 1.165) is 46.7 Å². The minimum Gasteiger partial charge on any atom is -0.354 e. The number of anilines is 2. The molecule has 0 fully saturated rings. The van der Waals surface area contributed by atoms with E-state index in [1.54, 1.807) is 6.07 Å².